The largest absolute Gasteiger partial charge is 0.507 e. The van der Waals surface area contributed by atoms with Crippen LogP contribution >= 0.6 is 0 Å². The lowest BCUT2D eigenvalue weighted by atomic mass is 9.85. The Labute approximate surface area is 152 Å². The van der Waals surface area contributed by atoms with Gasteiger partial charge in [0.2, 0.25) is 0 Å². The summed E-state index contributed by atoms with van der Waals surface area (Å²) in [5, 5.41) is 29.0. The second-order valence-corrected chi connectivity index (χ2v) is 7.02. The van der Waals surface area contributed by atoms with Crippen LogP contribution in [0.3, 0.4) is 0 Å². The molecule has 2 aromatic rings. The van der Waals surface area contributed by atoms with E-state index in [1.54, 1.807) is 13.2 Å². The first-order chi connectivity index (χ1) is 12.1. The summed E-state index contributed by atoms with van der Waals surface area (Å²) >= 11 is 0. The summed E-state index contributed by atoms with van der Waals surface area (Å²) in [5.74, 6) is -0.578. The summed E-state index contributed by atoms with van der Waals surface area (Å²) in [6, 6.07) is 9.37. The predicted molar refractivity (Wildman–Crippen MR) is 97.2 cm³/mol. The molecule has 1 unspecified atom stereocenters. The third-order valence-corrected chi connectivity index (χ3v) is 4.02. The van der Waals surface area contributed by atoms with E-state index in [0.29, 0.717) is 5.56 Å². The molecule has 6 nitrogen and oxygen atoms in total. The number of methoxy groups -OCH3 is 1. The fourth-order valence-corrected chi connectivity index (χ4v) is 2.57. The highest BCUT2D eigenvalue weighted by atomic mass is 16.5. The van der Waals surface area contributed by atoms with Crippen molar-refractivity contribution in [3.8, 4) is 17.2 Å². The van der Waals surface area contributed by atoms with Crippen molar-refractivity contribution in [2.45, 2.75) is 32.3 Å². The molecular formula is C20H24O6. The van der Waals surface area contributed by atoms with Gasteiger partial charge in [0.15, 0.2) is 0 Å². The molecule has 140 valence electrons. The van der Waals surface area contributed by atoms with E-state index in [1.807, 2.05) is 12.1 Å². The standard InChI is InChI=1S/C20H24O6/c1-20(2,3)15-9-12(5-8-18(15)25-4)17(22)11-26-13-6-7-14(19(23)24)16(21)10-13/h5-10,17,21-22H,11H2,1-4H3,(H,23,24). The Kier molecular flexibility index (Phi) is 5.77. The molecule has 0 fully saturated rings. The Morgan fingerprint density at radius 1 is 1.15 bits per heavy atom. The number of carbonyl (C=O) groups is 1. The molecule has 3 N–H and O–H groups in total. The van der Waals surface area contributed by atoms with Gasteiger partial charge >= 0.3 is 5.97 Å². The van der Waals surface area contributed by atoms with Crippen LogP contribution in [-0.4, -0.2) is 35.0 Å². The molecule has 0 aliphatic carbocycles. The number of aromatic carboxylic acids is 1. The monoisotopic (exact) mass is 360 g/mol. The molecule has 26 heavy (non-hydrogen) atoms. The lowest BCUT2D eigenvalue weighted by molar-refractivity contribution is 0.0693. The molecule has 0 spiro atoms. The van der Waals surface area contributed by atoms with Gasteiger partial charge in [0, 0.05) is 6.07 Å². The summed E-state index contributed by atoms with van der Waals surface area (Å²) in [7, 11) is 1.61. The van der Waals surface area contributed by atoms with Crippen molar-refractivity contribution in [1.29, 1.82) is 0 Å². The van der Waals surface area contributed by atoms with Crippen molar-refractivity contribution in [3.63, 3.8) is 0 Å². The highest BCUT2D eigenvalue weighted by molar-refractivity contribution is 5.90. The molecular weight excluding hydrogens is 336 g/mol. The molecule has 2 rings (SSSR count). The Morgan fingerprint density at radius 2 is 1.85 bits per heavy atom. The summed E-state index contributed by atoms with van der Waals surface area (Å²) in [6.07, 6.45) is -0.886. The lowest BCUT2D eigenvalue weighted by Gasteiger charge is -2.24. The number of carboxylic acid groups (broad SMARTS) is 1. The van der Waals surface area contributed by atoms with Gasteiger partial charge in [-0.05, 0) is 40.8 Å². The zero-order valence-electron chi connectivity index (χ0n) is 15.3. The van der Waals surface area contributed by atoms with E-state index in [4.69, 9.17) is 14.6 Å². The number of hydrogen-bond acceptors (Lipinski definition) is 5. The second kappa shape index (κ2) is 7.66. The van der Waals surface area contributed by atoms with Gasteiger partial charge in [0.1, 0.15) is 35.5 Å². The first-order valence-electron chi connectivity index (χ1n) is 8.19. The van der Waals surface area contributed by atoms with E-state index in [1.165, 1.54) is 18.2 Å². The van der Waals surface area contributed by atoms with Crippen molar-refractivity contribution in [3.05, 3.63) is 53.1 Å². The minimum absolute atomic E-state index is 0.0399. The number of ether oxygens (including phenoxy) is 2. The normalized spacial score (nSPS) is 12.5. The quantitative estimate of drug-likeness (QED) is 0.729. The molecule has 2 aromatic carbocycles. The average Bonchev–Trinajstić information content (AvgIpc) is 2.58. The van der Waals surface area contributed by atoms with Crippen LogP contribution in [0.15, 0.2) is 36.4 Å². The molecule has 0 aliphatic heterocycles. The van der Waals surface area contributed by atoms with Crippen LogP contribution in [0.1, 0.15) is 48.4 Å². The number of phenols is 1. The molecule has 0 saturated carbocycles. The van der Waals surface area contributed by atoms with Gasteiger partial charge in [-0.25, -0.2) is 4.79 Å². The van der Waals surface area contributed by atoms with Crippen molar-refractivity contribution in [2.75, 3.05) is 13.7 Å². The minimum atomic E-state index is -1.22. The Balaban J connectivity index is 2.14. The molecule has 0 amide bonds. The topological polar surface area (TPSA) is 96.2 Å². The maximum absolute atomic E-state index is 10.9. The van der Waals surface area contributed by atoms with Gasteiger partial charge in [-0.2, -0.15) is 0 Å². The maximum Gasteiger partial charge on any atom is 0.339 e. The summed E-state index contributed by atoms with van der Waals surface area (Å²) in [5.41, 5.74) is 1.30. The zero-order chi connectivity index (χ0) is 19.5. The number of hydrogen-bond donors (Lipinski definition) is 3. The van der Waals surface area contributed by atoms with Crippen molar-refractivity contribution >= 4 is 5.97 Å². The zero-order valence-corrected chi connectivity index (χ0v) is 15.3. The summed E-state index contributed by atoms with van der Waals surface area (Å²) < 4.78 is 10.9. The van der Waals surface area contributed by atoms with Gasteiger partial charge in [0.25, 0.3) is 0 Å². The molecule has 1 atom stereocenters. The molecule has 0 aromatic heterocycles. The fraction of sp³-hybridized carbons (Fsp3) is 0.350. The van der Waals surface area contributed by atoms with E-state index >= 15 is 0 Å². The molecule has 0 radical (unpaired) electrons. The average molecular weight is 360 g/mol. The van der Waals surface area contributed by atoms with Gasteiger partial charge in [-0.1, -0.05) is 26.8 Å². The molecule has 6 heteroatoms. The van der Waals surface area contributed by atoms with Crippen molar-refractivity contribution in [2.24, 2.45) is 0 Å². The van der Waals surface area contributed by atoms with Crippen LogP contribution in [-0.2, 0) is 5.41 Å². The van der Waals surface area contributed by atoms with Gasteiger partial charge in [-0.3, -0.25) is 0 Å². The number of aliphatic hydroxyl groups excluding tert-OH is 1. The van der Waals surface area contributed by atoms with Gasteiger partial charge in [-0.15, -0.1) is 0 Å². The van der Waals surface area contributed by atoms with E-state index in [9.17, 15) is 15.0 Å². The first-order valence-corrected chi connectivity index (χ1v) is 8.19. The first kappa shape index (κ1) is 19.6. The van der Waals surface area contributed by atoms with E-state index < -0.39 is 12.1 Å². The summed E-state index contributed by atoms with van der Waals surface area (Å²) in [6.45, 7) is 6.14. The number of carboxylic acids is 1. The van der Waals surface area contributed by atoms with Crippen molar-refractivity contribution in [1.82, 2.24) is 0 Å². The van der Waals surface area contributed by atoms with Crippen LogP contribution < -0.4 is 9.47 Å². The highest BCUT2D eigenvalue weighted by Gasteiger charge is 2.21. The van der Waals surface area contributed by atoms with Crippen molar-refractivity contribution < 1.29 is 29.6 Å². The van der Waals surface area contributed by atoms with E-state index in [0.717, 1.165) is 11.3 Å². The van der Waals surface area contributed by atoms with E-state index in [2.05, 4.69) is 20.8 Å². The number of rotatable bonds is 6. The predicted octanol–water partition coefficient (Wildman–Crippen LogP) is 3.51. The summed E-state index contributed by atoms with van der Waals surface area (Å²) in [4.78, 5) is 10.9. The third-order valence-electron chi connectivity index (χ3n) is 4.02. The highest BCUT2D eigenvalue weighted by Crippen LogP contribution is 2.33. The van der Waals surface area contributed by atoms with Gasteiger partial charge in [0.05, 0.1) is 7.11 Å². The number of aromatic hydroxyl groups is 1. The number of benzene rings is 2. The van der Waals surface area contributed by atoms with E-state index in [-0.39, 0.29) is 29.1 Å². The van der Waals surface area contributed by atoms with Crippen LogP contribution in [0.4, 0.5) is 0 Å². The van der Waals surface area contributed by atoms with Crippen LogP contribution in [0.5, 0.6) is 17.2 Å². The van der Waals surface area contributed by atoms with Crippen LogP contribution in [0, 0.1) is 0 Å². The third kappa shape index (κ3) is 4.46. The smallest absolute Gasteiger partial charge is 0.339 e. The Bertz CT molecular complexity index is 791. The van der Waals surface area contributed by atoms with Crippen LogP contribution in [0.2, 0.25) is 0 Å². The number of aliphatic hydroxyl groups is 1. The van der Waals surface area contributed by atoms with Crippen LogP contribution in [0.25, 0.3) is 0 Å². The molecule has 0 bridgehead atoms. The lowest BCUT2D eigenvalue weighted by Crippen LogP contribution is -2.15. The Hall–Kier alpha value is -2.73. The molecule has 0 heterocycles. The molecule has 0 saturated heterocycles. The Morgan fingerprint density at radius 3 is 2.38 bits per heavy atom. The fourth-order valence-electron chi connectivity index (χ4n) is 2.57. The second-order valence-electron chi connectivity index (χ2n) is 7.02. The SMILES string of the molecule is COc1ccc(C(O)COc2ccc(C(=O)O)c(O)c2)cc1C(C)(C)C. The minimum Gasteiger partial charge on any atom is -0.507 e. The van der Waals surface area contributed by atoms with Gasteiger partial charge < -0.3 is 24.8 Å². The maximum atomic E-state index is 10.9. The molecule has 0 aliphatic rings.